The molecule has 2 aliphatic rings. The fraction of sp³-hybridized carbons (Fsp3) is 0.533. The summed E-state index contributed by atoms with van der Waals surface area (Å²) in [5, 5.41) is 10.2. The van der Waals surface area contributed by atoms with Gasteiger partial charge in [0.2, 0.25) is 0 Å². The van der Waals surface area contributed by atoms with Gasteiger partial charge in [0, 0.05) is 0 Å². The molecule has 114 valence electrons. The van der Waals surface area contributed by atoms with Gasteiger partial charge in [-0.3, -0.25) is 0 Å². The minimum Gasteiger partial charge on any atom is -0.459 e. The van der Waals surface area contributed by atoms with Gasteiger partial charge in [-0.1, -0.05) is 18.2 Å². The number of aliphatic hydroxyl groups excluding tert-OH is 1. The molecule has 1 N–H and O–H groups in total. The second kappa shape index (κ2) is 5.38. The Balaban J connectivity index is 1.55. The molecule has 0 bridgehead atoms. The first-order valence-corrected chi connectivity index (χ1v) is 6.88. The maximum atomic E-state index is 11.8. The number of hydrogen-bond acceptors (Lipinski definition) is 6. The monoisotopic (exact) mass is 294 g/mol. The minimum atomic E-state index is -0.889. The highest BCUT2D eigenvalue weighted by molar-refractivity contribution is 5.89. The zero-order valence-electron chi connectivity index (χ0n) is 11.9. The quantitative estimate of drug-likeness (QED) is 0.841. The molecule has 2 saturated heterocycles. The summed E-state index contributed by atoms with van der Waals surface area (Å²) in [6, 6.07) is 8.66. The van der Waals surface area contributed by atoms with Crippen molar-refractivity contribution in [1.82, 2.24) is 0 Å². The van der Waals surface area contributed by atoms with Crippen molar-refractivity contribution >= 4 is 5.97 Å². The van der Waals surface area contributed by atoms with E-state index in [1.54, 1.807) is 38.1 Å². The Morgan fingerprint density at radius 3 is 2.67 bits per heavy atom. The number of ether oxygens (including phenoxy) is 4. The lowest BCUT2D eigenvalue weighted by molar-refractivity contribution is -0.218. The lowest BCUT2D eigenvalue weighted by atomic mass is 10.1. The number of aliphatic hydroxyl groups is 1. The lowest BCUT2D eigenvalue weighted by Gasteiger charge is -2.22. The van der Waals surface area contributed by atoms with E-state index in [2.05, 4.69) is 0 Å². The fourth-order valence-electron chi connectivity index (χ4n) is 2.51. The van der Waals surface area contributed by atoms with Gasteiger partial charge >= 0.3 is 5.97 Å². The molecule has 1 aromatic carbocycles. The van der Waals surface area contributed by atoms with E-state index in [1.165, 1.54) is 0 Å². The van der Waals surface area contributed by atoms with Crippen molar-refractivity contribution in [2.45, 2.75) is 44.2 Å². The maximum absolute atomic E-state index is 11.8. The highest BCUT2D eigenvalue weighted by Gasteiger charge is 2.54. The largest absolute Gasteiger partial charge is 0.459 e. The van der Waals surface area contributed by atoms with Gasteiger partial charge in [-0.05, 0) is 26.0 Å². The third-order valence-corrected chi connectivity index (χ3v) is 3.50. The van der Waals surface area contributed by atoms with E-state index in [-0.39, 0.29) is 6.61 Å². The topological polar surface area (TPSA) is 74.2 Å². The Morgan fingerprint density at radius 1 is 1.29 bits per heavy atom. The van der Waals surface area contributed by atoms with E-state index in [1.807, 2.05) is 6.07 Å². The Morgan fingerprint density at radius 2 is 2.00 bits per heavy atom. The molecule has 0 aromatic heterocycles. The van der Waals surface area contributed by atoms with Gasteiger partial charge in [-0.25, -0.2) is 4.79 Å². The Bertz CT molecular complexity index is 514. The van der Waals surface area contributed by atoms with Crippen LogP contribution in [0.3, 0.4) is 0 Å². The average Bonchev–Trinajstić information content (AvgIpc) is 2.91. The van der Waals surface area contributed by atoms with Crippen molar-refractivity contribution < 1.29 is 28.8 Å². The number of rotatable bonds is 3. The first kappa shape index (κ1) is 14.5. The SMILES string of the molecule is CC1(C)O[C@@H]2O[C@H](COC(=O)c3ccccc3)[C@@H](O)[C@@H]2O1. The van der Waals surface area contributed by atoms with E-state index >= 15 is 0 Å². The molecule has 3 rings (SSSR count). The highest BCUT2D eigenvalue weighted by Crippen LogP contribution is 2.37. The van der Waals surface area contributed by atoms with E-state index < -0.39 is 36.4 Å². The standard InChI is InChI=1S/C15H18O6/c1-15(2)20-12-11(16)10(19-14(12)21-15)8-18-13(17)9-6-4-3-5-7-9/h3-7,10-12,14,16H,8H2,1-2H3/t10-,11-,12+,14+/m1/s1. The van der Waals surface area contributed by atoms with Crippen molar-refractivity contribution in [3.8, 4) is 0 Å². The minimum absolute atomic E-state index is 0.0466. The number of hydrogen-bond donors (Lipinski definition) is 1. The molecule has 21 heavy (non-hydrogen) atoms. The number of fused-ring (bicyclic) bond motifs is 1. The summed E-state index contributed by atoms with van der Waals surface area (Å²) in [6.45, 7) is 3.46. The summed E-state index contributed by atoms with van der Waals surface area (Å²) >= 11 is 0. The molecule has 4 atom stereocenters. The van der Waals surface area contributed by atoms with E-state index in [9.17, 15) is 9.90 Å². The smallest absolute Gasteiger partial charge is 0.338 e. The van der Waals surface area contributed by atoms with Crippen LogP contribution in [0.25, 0.3) is 0 Å². The van der Waals surface area contributed by atoms with Gasteiger partial charge in [-0.15, -0.1) is 0 Å². The Hall–Kier alpha value is -1.47. The molecule has 2 aliphatic heterocycles. The van der Waals surface area contributed by atoms with Crippen LogP contribution in [-0.2, 0) is 18.9 Å². The molecule has 1 aromatic rings. The van der Waals surface area contributed by atoms with Crippen LogP contribution in [0.15, 0.2) is 30.3 Å². The molecule has 6 nitrogen and oxygen atoms in total. The first-order valence-electron chi connectivity index (χ1n) is 6.88. The van der Waals surface area contributed by atoms with Gasteiger partial charge in [0.25, 0.3) is 0 Å². The summed E-state index contributed by atoms with van der Waals surface area (Å²) < 4.78 is 21.8. The van der Waals surface area contributed by atoms with E-state index in [0.717, 1.165) is 0 Å². The third-order valence-electron chi connectivity index (χ3n) is 3.50. The van der Waals surface area contributed by atoms with Crippen LogP contribution >= 0.6 is 0 Å². The predicted octanol–water partition coefficient (Wildman–Crippen LogP) is 1.08. The van der Waals surface area contributed by atoms with Crippen LogP contribution in [0.4, 0.5) is 0 Å². The van der Waals surface area contributed by atoms with E-state index in [0.29, 0.717) is 5.56 Å². The van der Waals surface area contributed by atoms with Crippen LogP contribution in [0.1, 0.15) is 24.2 Å². The summed E-state index contributed by atoms with van der Waals surface area (Å²) in [4.78, 5) is 11.8. The molecule has 0 unspecified atom stereocenters. The number of carbonyl (C=O) groups excluding carboxylic acids is 1. The molecule has 0 amide bonds. The van der Waals surface area contributed by atoms with Crippen LogP contribution < -0.4 is 0 Å². The highest BCUT2D eigenvalue weighted by atomic mass is 16.8. The molecule has 0 radical (unpaired) electrons. The normalized spacial score (nSPS) is 33.7. The molecule has 0 saturated carbocycles. The van der Waals surface area contributed by atoms with Gasteiger partial charge in [-0.2, -0.15) is 0 Å². The summed E-state index contributed by atoms with van der Waals surface area (Å²) in [5.41, 5.74) is 0.457. The molecule has 2 fully saturated rings. The van der Waals surface area contributed by atoms with Crippen molar-refractivity contribution in [3.05, 3.63) is 35.9 Å². The molecular weight excluding hydrogens is 276 g/mol. The number of esters is 1. The average molecular weight is 294 g/mol. The fourth-order valence-corrected chi connectivity index (χ4v) is 2.51. The third kappa shape index (κ3) is 2.94. The zero-order valence-corrected chi connectivity index (χ0v) is 11.9. The van der Waals surface area contributed by atoms with Crippen molar-refractivity contribution in [3.63, 3.8) is 0 Å². The second-order valence-corrected chi connectivity index (χ2v) is 5.60. The van der Waals surface area contributed by atoms with Crippen molar-refractivity contribution in [1.29, 1.82) is 0 Å². The van der Waals surface area contributed by atoms with E-state index in [4.69, 9.17) is 18.9 Å². The van der Waals surface area contributed by atoms with Gasteiger partial charge in [0.15, 0.2) is 12.1 Å². The maximum Gasteiger partial charge on any atom is 0.338 e. The van der Waals surface area contributed by atoms with Crippen molar-refractivity contribution in [2.75, 3.05) is 6.61 Å². The predicted molar refractivity (Wildman–Crippen MR) is 71.4 cm³/mol. The summed E-state index contributed by atoms with van der Waals surface area (Å²) in [5.74, 6) is -1.23. The second-order valence-electron chi connectivity index (χ2n) is 5.60. The Kier molecular flexibility index (Phi) is 3.71. The van der Waals surface area contributed by atoms with Crippen LogP contribution in [0.5, 0.6) is 0 Å². The van der Waals surface area contributed by atoms with Crippen LogP contribution in [0.2, 0.25) is 0 Å². The van der Waals surface area contributed by atoms with Crippen LogP contribution in [0, 0.1) is 0 Å². The van der Waals surface area contributed by atoms with Gasteiger partial charge in [0.05, 0.1) is 5.56 Å². The van der Waals surface area contributed by atoms with Gasteiger partial charge < -0.3 is 24.1 Å². The first-order chi connectivity index (χ1) is 9.96. The lowest BCUT2D eigenvalue weighted by Crippen LogP contribution is -2.37. The zero-order chi connectivity index (χ0) is 15.0. The van der Waals surface area contributed by atoms with Crippen LogP contribution in [-0.4, -0.2) is 48.1 Å². The molecule has 0 spiro atoms. The number of carbonyl (C=O) groups is 1. The molecule has 0 aliphatic carbocycles. The number of benzene rings is 1. The molecule has 6 heteroatoms. The molecular formula is C15H18O6. The Labute approximate surface area is 122 Å². The van der Waals surface area contributed by atoms with Crippen molar-refractivity contribution in [2.24, 2.45) is 0 Å². The summed E-state index contributed by atoms with van der Waals surface area (Å²) in [6.07, 6.45) is -2.72. The van der Waals surface area contributed by atoms with Gasteiger partial charge in [0.1, 0.15) is 24.9 Å². The summed E-state index contributed by atoms with van der Waals surface area (Å²) in [7, 11) is 0. The molecule has 2 heterocycles.